The first-order chi connectivity index (χ1) is 10.2. The maximum atomic E-state index is 12.0. The quantitative estimate of drug-likeness (QED) is 0.453. The molecule has 0 aliphatic heterocycles. The van der Waals surface area contributed by atoms with E-state index in [9.17, 15) is 9.59 Å². The molecular weight excluding hydrogens is 286 g/mol. The van der Waals surface area contributed by atoms with Crippen molar-refractivity contribution in [2.24, 2.45) is 0 Å². The van der Waals surface area contributed by atoms with Gasteiger partial charge >= 0.3 is 12.1 Å². The lowest BCUT2D eigenvalue weighted by molar-refractivity contribution is -0.135. The number of esters is 1. The minimum Gasteiger partial charge on any atom is -0.498 e. The zero-order valence-electron chi connectivity index (χ0n) is 14.1. The van der Waals surface area contributed by atoms with Gasteiger partial charge in [-0.3, -0.25) is 0 Å². The summed E-state index contributed by atoms with van der Waals surface area (Å²) in [4.78, 5) is 24.6. The van der Waals surface area contributed by atoms with Crippen molar-refractivity contribution in [1.29, 1.82) is 0 Å². The van der Waals surface area contributed by atoms with Crippen molar-refractivity contribution in [3.05, 3.63) is 12.3 Å². The van der Waals surface area contributed by atoms with E-state index in [1.165, 1.54) is 19.4 Å². The summed E-state index contributed by atoms with van der Waals surface area (Å²) >= 11 is 0. The minimum atomic E-state index is -0.482. The van der Waals surface area contributed by atoms with Crippen molar-refractivity contribution >= 4 is 12.1 Å². The van der Waals surface area contributed by atoms with Gasteiger partial charge in [-0.15, -0.1) is 0 Å². The molecule has 1 fully saturated rings. The molecule has 6 heteroatoms. The molecule has 1 saturated carbocycles. The third kappa shape index (κ3) is 6.37. The van der Waals surface area contributed by atoms with E-state index >= 15 is 0 Å². The summed E-state index contributed by atoms with van der Waals surface area (Å²) in [6.07, 6.45) is 5.81. The summed E-state index contributed by atoms with van der Waals surface area (Å²) in [5.41, 5.74) is -0.482. The van der Waals surface area contributed by atoms with E-state index in [2.05, 4.69) is 4.74 Å². The van der Waals surface area contributed by atoms with Crippen LogP contribution in [0.4, 0.5) is 4.79 Å². The molecule has 0 aromatic heterocycles. The number of carbonyl (C=O) groups is 2. The molecule has 0 aromatic carbocycles. The number of rotatable bonds is 4. The Labute approximate surface area is 132 Å². The Morgan fingerprint density at radius 3 is 2.23 bits per heavy atom. The van der Waals surface area contributed by atoms with E-state index < -0.39 is 11.6 Å². The van der Waals surface area contributed by atoms with Crippen LogP contribution in [0, 0.1) is 0 Å². The van der Waals surface area contributed by atoms with Crippen LogP contribution in [-0.2, 0) is 19.0 Å². The number of carbonyl (C=O) groups excluding carboxylic acids is 2. The summed E-state index contributed by atoms with van der Waals surface area (Å²) in [7, 11) is 3.10. The zero-order chi connectivity index (χ0) is 16.8. The Morgan fingerprint density at radius 1 is 1.14 bits per heavy atom. The largest absolute Gasteiger partial charge is 0.498 e. The Balaban J connectivity index is 2.37. The molecule has 0 bridgehead atoms. The molecule has 0 atom stereocenters. The highest BCUT2D eigenvalue weighted by Crippen LogP contribution is 2.25. The van der Waals surface area contributed by atoms with Crippen molar-refractivity contribution in [3.8, 4) is 0 Å². The second-order valence-electron chi connectivity index (χ2n) is 6.48. The number of amides is 1. The van der Waals surface area contributed by atoms with Gasteiger partial charge in [-0.25, -0.2) is 9.59 Å². The second-order valence-corrected chi connectivity index (χ2v) is 6.48. The van der Waals surface area contributed by atoms with Gasteiger partial charge in [0.2, 0.25) is 0 Å². The van der Waals surface area contributed by atoms with Gasteiger partial charge < -0.3 is 19.1 Å². The molecule has 6 nitrogen and oxygen atoms in total. The number of methoxy groups -OCH3 is 1. The van der Waals surface area contributed by atoms with Crippen LogP contribution in [0.25, 0.3) is 0 Å². The van der Waals surface area contributed by atoms with E-state index in [1.807, 2.05) is 20.8 Å². The Kier molecular flexibility index (Phi) is 6.71. The summed E-state index contributed by atoms with van der Waals surface area (Å²) in [5.74, 6) is -0.432. The van der Waals surface area contributed by atoms with Crippen LogP contribution in [0.2, 0.25) is 0 Å². The van der Waals surface area contributed by atoms with Crippen LogP contribution in [0.3, 0.4) is 0 Å². The van der Waals surface area contributed by atoms with Crippen molar-refractivity contribution in [2.45, 2.75) is 64.2 Å². The van der Waals surface area contributed by atoms with Crippen LogP contribution in [0.5, 0.6) is 0 Å². The molecule has 1 aliphatic carbocycles. The third-order valence-corrected chi connectivity index (χ3v) is 3.55. The van der Waals surface area contributed by atoms with E-state index in [0.29, 0.717) is 0 Å². The third-order valence-electron chi connectivity index (χ3n) is 3.55. The second kappa shape index (κ2) is 8.06. The normalized spacial score (nSPS) is 22.2. The fourth-order valence-corrected chi connectivity index (χ4v) is 2.33. The molecule has 0 radical (unpaired) electrons. The molecule has 0 saturated heterocycles. The number of ether oxygens (including phenoxy) is 3. The molecular formula is C16H27NO5. The first-order valence-electron chi connectivity index (χ1n) is 7.58. The smallest absolute Gasteiger partial charge is 0.410 e. The van der Waals surface area contributed by atoms with Crippen LogP contribution in [0.1, 0.15) is 46.5 Å². The molecule has 0 spiro atoms. The molecule has 0 N–H and O–H groups in total. The first kappa shape index (κ1) is 18.3. The molecule has 0 heterocycles. The Morgan fingerprint density at radius 2 is 1.73 bits per heavy atom. The standard InChI is InChI=1S/C16H27NO5/c1-16(2,3)22-15(19)17(4)12-6-8-13(9-7-12)21-11-10-14(18)20-5/h10-13H,6-9H2,1-5H3. The maximum absolute atomic E-state index is 12.0. The highest BCUT2D eigenvalue weighted by molar-refractivity contribution is 5.81. The lowest BCUT2D eigenvalue weighted by atomic mass is 9.92. The van der Waals surface area contributed by atoms with Gasteiger partial charge in [-0.1, -0.05) is 0 Å². The predicted molar refractivity (Wildman–Crippen MR) is 82.3 cm³/mol. The highest BCUT2D eigenvalue weighted by atomic mass is 16.6. The molecule has 126 valence electrons. The van der Waals surface area contributed by atoms with Crippen LogP contribution in [-0.4, -0.2) is 48.9 Å². The molecule has 1 aliphatic rings. The lowest BCUT2D eigenvalue weighted by Crippen LogP contribution is -2.43. The van der Waals surface area contributed by atoms with Gasteiger partial charge in [-0.2, -0.15) is 0 Å². The van der Waals surface area contributed by atoms with E-state index in [0.717, 1.165) is 25.7 Å². The van der Waals surface area contributed by atoms with Crippen LogP contribution in [0.15, 0.2) is 12.3 Å². The zero-order valence-corrected chi connectivity index (χ0v) is 14.1. The van der Waals surface area contributed by atoms with Crippen molar-refractivity contribution in [3.63, 3.8) is 0 Å². The topological polar surface area (TPSA) is 65.1 Å². The molecule has 0 unspecified atom stereocenters. The van der Waals surface area contributed by atoms with Gasteiger partial charge in [0.05, 0.1) is 25.6 Å². The van der Waals surface area contributed by atoms with Crippen molar-refractivity contribution in [1.82, 2.24) is 4.90 Å². The molecule has 1 rings (SSSR count). The number of hydrogen-bond donors (Lipinski definition) is 0. The summed E-state index contributed by atoms with van der Waals surface area (Å²) in [5, 5.41) is 0. The van der Waals surface area contributed by atoms with E-state index in [1.54, 1.807) is 11.9 Å². The Hall–Kier alpha value is -1.72. The highest BCUT2D eigenvalue weighted by Gasteiger charge is 2.29. The minimum absolute atomic E-state index is 0.0733. The van der Waals surface area contributed by atoms with Crippen LogP contribution >= 0.6 is 0 Å². The fraction of sp³-hybridized carbons (Fsp3) is 0.750. The Bertz CT molecular complexity index is 405. The van der Waals surface area contributed by atoms with E-state index in [4.69, 9.17) is 9.47 Å². The molecule has 22 heavy (non-hydrogen) atoms. The lowest BCUT2D eigenvalue weighted by Gasteiger charge is -2.35. The fourth-order valence-electron chi connectivity index (χ4n) is 2.33. The predicted octanol–water partition coefficient (Wildman–Crippen LogP) is 2.87. The van der Waals surface area contributed by atoms with Crippen molar-refractivity contribution < 1.29 is 23.8 Å². The molecule has 0 aromatic rings. The number of nitrogens with zero attached hydrogens (tertiary/aromatic N) is 1. The van der Waals surface area contributed by atoms with Crippen LogP contribution < -0.4 is 0 Å². The molecule has 1 amide bonds. The SMILES string of the molecule is COC(=O)C=COC1CCC(N(C)C(=O)OC(C)(C)C)CC1. The maximum Gasteiger partial charge on any atom is 0.410 e. The van der Waals surface area contributed by atoms with Gasteiger partial charge in [0.25, 0.3) is 0 Å². The summed E-state index contributed by atoms with van der Waals surface area (Å²) in [6.45, 7) is 5.57. The monoisotopic (exact) mass is 313 g/mol. The van der Waals surface area contributed by atoms with Gasteiger partial charge in [0.1, 0.15) is 5.60 Å². The first-order valence-corrected chi connectivity index (χ1v) is 7.58. The number of hydrogen-bond acceptors (Lipinski definition) is 5. The van der Waals surface area contributed by atoms with Gasteiger partial charge in [0.15, 0.2) is 0 Å². The summed E-state index contributed by atoms with van der Waals surface area (Å²) in [6, 6.07) is 0.166. The average Bonchev–Trinajstić information content (AvgIpc) is 2.45. The van der Waals surface area contributed by atoms with Crippen molar-refractivity contribution in [2.75, 3.05) is 14.2 Å². The van der Waals surface area contributed by atoms with Gasteiger partial charge in [-0.05, 0) is 46.5 Å². The average molecular weight is 313 g/mol. The summed E-state index contributed by atoms with van der Waals surface area (Å²) < 4.78 is 15.4. The van der Waals surface area contributed by atoms with E-state index in [-0.39, 0.29) is 18.2 Å². The van der Waals surface area contributed by atoms with Gasteiger partial charge in [0, 0.05) is 13.1 Å².